The van der Waals surface area contributed by atoms with E-state index in [-0.39, 0.29) is 24.5 Å². The normalized spacial score (nSPS) is 11.0. The average molecular weight is 251 g/mol. The number of carboxylic acids is 1. The van der Waals surface area contributed by atoms with Gasteiger partial charge in [-0.15, -0.1) is 0 Å². The molecule has 0 saturated heterocycles. The summed E-state index contributed by atoms with van der Waals surface area (Å²) in [5, 5.41) is 20.5. The van der Waals surface area contributed by atoms with Gasteiger partial charge < -0.3 is 15.5 Å². The zero-order valence-corrected chi connectivity index (χ0v) is 10.4. The van der Waals surface area contributed by atoms with Crippen LogP contribution in [-0.4, -0.2) is 27.6 Å². The van der Waals surface area contributed by atoms with E-state index in [9.17, 15) is 9.59 Å². The quantitative estimate of drug-likeness (QED) is 0.736. The fourth-order valence-corrected chi connectivity index (χ4v) is 1.64. The molecule has 1 amide bonds. The van der Waals surface area contributed by atoms with Crippen LogP contribution in [0.25, 0.3) is 0 Å². The van der Waals surface area contributed by atoms with E-state index in [1.165, 1.54) is 12.1 Å². The number of amides is 1. The van der Waals surface area contributed by atoms with Gasteiger partial charge in [-0.3, -0.25) is 9.59 Å². The minimum atomic E-state index is -0.954. The Bertz CT molecular complexity index is 437. The van der Waals surface area contributed by atoms with Gasteiger partial charge in [-0.25, -0.2) is 0 Å². The molecule has 0 atom stereocenters. The third-order valence-corrected chi connectivity index (χ3v) is 2.37. The van der Waals surface area contributed by atoms with Gasteiger partial charge in [-0.2, -0.15) is 0 Å². The highest BCUT2D eigenvalue weighted by Gasteiger charge is 2.23. The maximum Gasteiger partial charge on any atom is 0.305 e. The first-order valence-electron chi connectivity index (χ1n) is 5.59. The second kappa shape index (κ2) is 5.53. The van der Waals surface area contributed by atoms with Crippen LogP contribution in [0.1, 0.15) is 25.8 Å². The van der Waals surface area contributed by atoms with Crippen molar-refractivity contribution in [3.8, 4) is 5.75 Å². The van der Waals surface area contributed by atoms with Crippen LogP contribution in [-0.2, 0) is 16.0 Å². The molecule has 0 aliphatic carbocycles. The number of hydrogen-bond acceptors (Lipinski definition) is 3. The third kappa shape index (κ3) is 4.86. The Morgan fingerprint density at radius 2 is 1.78 bits per heavy atom. The van der Waals surface area contributed by atoms with Crippen molar-refractivity contribution in [1.29, 1.82) is 0 Å². The molecule has 0 aliphatic rings. The average Bonchev–Trinajstić information content (AvgIpc) is 2.18. The van der Waals surface area contributed by atoms with Crippen molar-refractivity contribution in [2.45, 2.75) is 32.2 Å². The van der Waals surface area contributed by atoms with Gasteiger partial charge in [0, 0.05) is 5.54 Å². The summed E-state index contributed by atoms with van der Waals surface area (Å²) < 4.78 is 0. The Morgan fingerprint density at radius 3 is 2.28 bits per heavy atom. The molecule has 0 bridgehead atoms. The lowest BCUT2D eigenvalue weighted by Crippen LogP contribution is -2.45. The molecule has 1 aromatic rings. The molecule has 5 heteroatoms. The summed E-state index contributed by atoms with van der Waals surface area (Å²) in [5.41, 5.74) is -0.0174. The van der Waals surface area contributed by atoms with Gasteiger partial charge in [0.15, 0.2) is 0 Å². The number of rotatable bonds is 5. The van der Waals surface area contributed by atoms with E-state index in [1.807, 2.05) is 0 Å². The number of aromatic hydroxyl groups is 1. The molecule has 0 aromatic heterocycles. The number of carbonyl (C=O) groups is 2. The molecule has 3 N–H and O–H groups in total. The molecule has 1 rings (SSSR count). The summed E-state index contributed by atoms with van der Waals surface area (Å²) in [6.45, 7) is 3.33. The van der Waals surface area contributed by atoms with Crippen molar-refractivity contribution in [3.63, 3.8) is 0 Å². The maximum absolute atomic E-state index is 11.7. The Hall–Kier alpha value is -2.04. The molecular weight excluding hydrogens is 234 g/mol. The minimum absolute atomic E-state index is 0.131. The molecule has 1 aromatic carbocycles. The molecule has 0 saturated carbocycles. The highest BCUT2D eigenvalue weighted by Crippen LogP contribution is 2.12. The number of carboxylic acid groups (broad SMARTS) is 1. The zero-order valence-electron chi connectivity index (χ0n) is 10.4. The van der Waals surface area contributed by atoms with Crippen molar-refractivity contribution in [2.24, 2.45) is 0 Å². The molecule has 0 fully saturated rings. The van der Waals surface area contributed by atoms with E-state index < -0.39 is 11.5 Å². The van der Waals surface area contributed by atoms with Crippen molar-refractivity contribution in [1.82, 2.24) is 5.32 Å². The van der Waals surface area contributed by atoms with Crippen molar-refractivity contribution >= 4 is 11.9 Å². The standard InChI is InChI=1S/C13H17NO4/c1-13(2,8-12(17)18)14-11(16)7-9-3-5-10(15)6-4-9/h3-6,15H,7-8H2,1-2H3,(H,14,16)(H,17,18). The highest BCUT2D eigenvalue weighted by atomic mass is 16.4. The van der Waals surface area contributed by atoms with E-state index in [2.05, 4.69) is 5.32 Å². The number of phenolic OH excluding ortho intramolecular Hbond substituents is 1. The van der Waals surface area contributed by atoms with E-state index in [1.54, 1.807) is 26.0 Å². The van der Waals surface area contributed by atoms with Gasteiger partial charge in [0.05, 0.1) is 12.8 Å². The second-order valence-electron chi connectivity index (χ2n) is 4.85. The topological polar surface area (TPSA) is 86.6 Å². The first-order valence-corrected chi connectivity index (χ1v) is 5.59. The number of carbonyl (C=O) groups excluding carboxylic acids is 1. The third-order valence-electron chi connectivity index (χ3n) is 2.37. The largest absolute Gasteiger partial charge is 0.508 e. The van der Waals surface area contributed by atoms with Crippen molar-refractivity contribution < 1.29 is 19.8 Å². The van der Waals surface area contributed by atoms with Crippen LogP contribution in [0.2, 0.25) is 0 Å². The summed E-state index contributed by atoms with van der Waals surface area (Å²) in [5.74, 6) is -1.05. The van der Waals surface area contributed by atoms with Gasteiger partial charge in [-0.05, 0) is 31.5 Å². The molecule has 0 radical (unpaired) electrons. The summed E-state index contributed by atoms with van der Waals surface area (Å²) in [4.78, 5) is 22.3. The van der Waals surface area contributed by atoms with E-state index in [4.69, 9.17) is 10.2 Å². The molecule has 0 unspecified atom stereocenters. The van der Waals surface area contributed by atoms with Crippen LogP contribution < -0.4 is 5.32 Å². The number of phenols is 1. The summed E-state index contributed by atoms with van der Waals surface area (Å²) >= 11 is 0. The van der Waals surface area contributed by atoms with Gasteiger partial charge in [0.25, 0.3) is 0 Å². The van der Waals surface area contributed by atoms with E-state index >= 15 is 0 Å². The summed E-state index contributed by atoms with van der Waals surface area (Å²) in [7, 11) is 0. The summed E-state index contributed by atoms with van der Waals surface area (Å²) in [6.07, 6.45) is 0.0254. The fraction of sp³-hybridized carbons (Fsp3) is 0.385. The van der Waals surface area contributed by atoms with Gasteiger partial charge >= 0.3 is 5.97 Å². The Labute approximate surface area is 105 Å². The lowest BCUT2D eigenvalue weighted by atomic mass is 10.00. The first kappa shape index (κ1) is 14.0. The van der Waals surface area contributed by atoms with Crippen LogP contribution in [0.4, 0.5) is 0 Å². The van der Waals surface area contributed by atoms with Gasteiger partial charge in [-0.1, -0.05) is 12.1 Å². The molecule has 98 valence electrons. The minimum Gasteiger partial charge on any atom is -0.508 e. The van der Waals surface area contributed by atoms with Crippen molar-refractivity contribution in [2.75, 3.05) is 0 Å². The number of hydrogen-bond donors (Lipinski definition) is 3. The molecule has 5 nitrogen and oxygen atoms in total. The zero-order chi connectivity index (χ0) is 13.8. The van der Waals surface area contributed by atoms with Gasteiger partial charge in [0.1, 0.15) is 5.75 Å². The Balaban J connectivity index is 2.56. The smallest absolute Gasteiger partial charge is 0.305 e. The highest BCUT2D eigenvalue weighted by molar-refractivity contribution is 5.80. The van der Waals surface area contributed by atoms with Crippen LogP contribution in [0.3, 0.4) is 0 Å². The molecule has 0 spiro atoms. The number of nitrogens with one attached hydrogen (secondary N) is 1. The van der Waals surface area contributed by atoms with Crippen LogP contribution in [0, 0.1) is 0 Å². The van der Waals surface area contributed by atoms with Gasteiger partial charge in [0.2, 0.25) is 5.91 Å². The monoisotopic (exact) mass is 251 g/mol. The lowest BCUT2D eigenvalue weighted by molar-refractivity contribution is -0.138. The number of aliphatic carboxylic acids is 1. The van der Waals surface area contributed by atoms with Crippen LogP contribution in [0.5, 0.6) is 5.75 Å². The van der Waals surface area contributed by atoms with Crippen molar-refractivity contribution in [3.05, 3.63) is 29.8 Å². The van der Waals surface area contributed by atoms with Crippen LogP contribution in [0.15, 0.2) is 24.3 Å². The predicted octanol–water partition coefficient (Wildman–Crippen LogP) is 1.30. The lowest BCUT2D eigenvalue weighted by Gasteiger charge is -2.24. The van der Waals surface area contributed by atoms with E-state index in [0.717, 1.165) is 5.56 Å². The Kier molecular flexibility index (Phi) is 4.31. The van der Waals surface area contributed by atoms with Crippen LogP contribution >= 0.6 is 0 Å². The molecule has 18 heavy (non-hydrogen) atoms. The second-order valence-corrected chi connectivity index (χ2v) is 4.85. The molecule has 0 aliphatic heterocycles. The number of benzene rings is 1. The predicted molar refractivity (Wildman–Crippen MR) is 66.3 cm³/mol. The fourth-order valence-electron chi connectivity index (χ4n) is 1.64. The molecule has 0 heterocycles. The molecular formula is C13H17NO4. The SMILES string of the molecule is CC(C)(CC(=O)O)NC(=O)Cc1ccc(O)cc1. The first-order chi connectivity index (χ1) is 8.28. The maximum atomic E-state index is 11.7. The Morgan fingerprint density at radius 1 is 1.22 bits per heavy atom. The van der Waals surface area contributed by atoms with E-state index in [0.29, 0.717) is 0 Å². The summed E-state index contributed by atoms with van der Waals surface area (Å²) in [6, 6.07) is 6.31.